The van der Waals surface area contributed by atoms with Gasteiger partial charge in [-0.2, -0.15) is 0 Å². The van der Waals surface area contributed by atoms with Crippen molar-refractivity contribution in [2.75, 3.05) is 6.54 Å². The molecule has 2 aromatic heterocycles. The first kappa shape index (κ1) is 14.1. The molecule has 1 amide bonds. The Morgan fingerprint density at radius 2 is 2.30 bits per heavy atom. The number of carbonyl (C=O) groups is 1. The first-order chi connectivity index (χ1) is 9.69. The summed E-state index contributed by atoms with van der Waals surface area (Å²) in [6.07, 6.45) is 1.39. The number of rotatable bonds is 3. The molecule has 0 bridgehead atoms. The molecule has 0 saturated carbocycles. The molecule has 0 aliphatic rings. The molecule has 0 aliphatic carbocycles. The normalized spacial score (nSPS) is 9.65. The molecule has 0 aliphatic heterocycles. The number of hydrogen-bond acceptors (Lipinski definition) is 4. The lowest BCUT2D eigenvalue weighted by molar-refractivity contribution is 0.0951. The smallest absolute Gasteiger partial charge is 0.253 e. The minimum absolute atomic E-state index is 0.232. The molecule has 20 heavy (non-hydrogen) atoms. The van der Waals surface area contributed by atoms with Crippen LogP contribution in [-0.2, 0) is 6.54 Å². The van der Waals surface area contributed by atoms with E-state index in [1.807, 2.05) is 11.4 Å². The van der Waals surface area contributed by atoms with E-state index in [0.29, 0.717) is 18.7 Å². The zero-order valence-corrected chi connectivity index (χ0v) is 11.4. The van der Waals surface area contributed by atoms with Crippen molar-refractivity contribution in [2.45, 2.75) is 6.54 Å². The van der Waals surface area contributed by atoms with Gasteiger partial charge in [-0.05, 0) is 12.1 Å². The van der Waals surface area contributed by atoms with E-state index in [2.05, 4.69) is 22.1 Å². The highest BCUT2D eigenvalue weighted by Gasteiger charge is 2.05. The Hall–Kier alpha value is -2.36. The number of hydrogen-bond donors (Lipinski definition) is 3. The lowest BCUT2D eigenvalue weighted by Gasteiger charge is -2.02. The van der Waals surface area contributed by atoms with E-state index in [1.165, 1.54) is 29.7 Å². The Balaban J connectivity index is 1.94. The SMILES string of the molecule is NCC#Cc1csc(CNC(=O)c2ccc(=O)[nH]c2)c1. The molecule has 4 N–H and O–H groups in total. The molecule has 5 nitrogen and oxygen atoms in total. The van der Waals surface area contributed by atoms with Crippen molar-refractivity contribution in [1.82, 2.24) is 10.3 Å². The van der Waals surface area contributed by atoms with E-state index < -0.39 is 0 Å². The van der Waals surface area contributed by atoms with Crippen molar-refractivity contribution in [3.8, 4) is 11.8 Å². The molecule has 0 spiro atoms. The molecule has 0 saturated heterocycles. The average molecular weight is 287 g/mol. The van der Waals surface area contributed by atoms with Crippen LogP contribution in [0.15, 0.2) is 34.6 Å². The van der Waals surface area contributed by atoms with Gasteiger partial charge in [-0.15, -0.1) is 11.3 Å². The predicted octanol–water partition coefficient (Wildman–Crippen LogP) is 0.677. The van der Waals surface area contributed by atoms with E-state index in [1.54, 1.807) is 0 Å². The fraction of sp³-hybridized carbons (Fsp3) is 0.143. The van der Waals surface area contributed by atoms with Crippen molar-refractivity contribution in [2.24, 2.45) is 5.73 Å². The molecule has 0 aromatic carbocycles. The molecular weight excluding hydrogens is 274 g/mol. The fourth-order valence-corrected chi connectivity index (χ4v) is 2.27. The van der Waals surface area contributed by atoms with Crippen LogP contribution in [-0.4, -0.2) is 17.4 Å². The Morgan fingerprint density at radius 3 is 3.00 bits per heavy atom. The zero-order valence-electron chi connectivity index (χ0n) is 10.6. The fourth-order valence-electron chi connectivity index (χ4n) is 1.51. The molecule has 0 unspecified atom stereocenters. The second kappa shape index (κ2) is 6.70. The molecule has 2 aromatic rings. The van der Waals surface area contributed by atoms with Gasteiger partial charge in [0.05, 0.1) is 18.7 Å². The summed E-state index contributed by atoms with van der Waals surface area (Å²) in [6, 6.07) is 4.72. The van der Waals surface area contributed by atoms with Crippen molar-refractivity contribution in [3.63, 3.8) is 0 Å². The lowest BCUT2D eigenvalue weighted by Crippen LogP contribution is -2.23. The van der Waals surface area contributed by atoms with E-state index in [0.717, 1.165) is 10.4 Å². The first-order valence-corrected chi connectivity index (χ1v) is 6.80. The Labute approximate surface area is 119 Å². The van der Waals surface area contributed by atoms with Gasteiger partial charge in [0, 0.05) is 28.1 Å². The summed E-state index contributed by atoms with van der Waals surface area (Å²) < 4.78 is 0. The molecule has 0 radical (unpaired) electrons. The molecular formula is C14H13N3O2S. The van der Waals surface area contributed by atoms with Crippen molar-refractivity contribution in [1.29, 1.82) is 0 Å². The van der Waals surface area contributed by atoms with E-state index in [-0.39, 0.29) is 11.5 Å². The van der Waals surface area contributed by atoms with Gasteiger partial charge in [0.2, 0.25) is 5.56 Å². The summed E-state index contributed by atoms with van der Waals surface area (Å²) >= 11 is 1.52. The van der Waals surface area contributed by atoms with Crippen LogP contribution in [0, 0.1) is 11.8 Å². The summed E-state index contributed by atoms with van der Waals surface area (Å²) in [5.41, 5.74) is 6.39. The lowest BCUT2D eigenvalue weighted by atomic mass is 10.2. The molecule has 102 valence electrons. The Bertz CT molecular complexity index is 701. The van der Waals surface area contributed by atoms with Gasteiger partial charge in [0.1, 0.15) is 0 Å². The summed E-state index contributed by atoms with van der Waals surface area (Å²) in [5.74, 6) is 5.48. The van der Waals surface area contributed by atoms with Crippen LogP contribution in [0.25, 0.3) is 0 Å². The maximum absolute atomic E-state index is 11.8. The maximum Gasteiger partial charge on any atom is 0.253 e. The molecule has 2 rings (SSSR count). The Kier molecular flexibility index (Phi) is 4.71. The van der Waals surface area contributed by atoms with Gasteiger partial charge in [-0.1, -0.05) is 11.8 Å². The molecule has 6 heteroatoms. The number of thiophene rings is 1. The standard InChI is InChI=1S/C14H13N3O2S/c15-5-1-2-10-6-12(20-9-10)8-17-14(19)11-3-4-13(18)16-7-11/h3-4,6-7,9H,5,8,15H2,(H,16,18)(H,17,19). The van der Waals surface area contributed by atoms with Gasteiger partial charge < -0.3 is 16.0 Å². The zero-order chi connectivity index (χ0) is 14.4. The van der Waals surface area contributed by atoms with Crippen molar-refractivity contribution < 1.29 is 4.79 Å². The molecule has 2 heterocycles. The third-order valence-electron chi connectivity index (χ3n) is 2.46. The number of aromatic nitrogens is 1. The molecule has 0 atom stereocenters. The minimum atomic E-state index is -0.233. The van der Waals surface area contributed by atoms with Gasteiger partial charge in [-0.25, -0.2) is 0 Å². The highest BCUT2D eigenvalue weighted by molar-refractivity contribution is 7.10. The topological polar surface area (TPSA) is 88.0 Å². The highest BCUT2D eigenvalue weighted by atomic mass is 32.1. The third kappa shape index (κ3) is 3.82. The summed E-state index contributed by atoms with van der Waals surface area (Å²) in [7, 11) is 0. The number of nitrogens with one attached hydrogen (secondary N) is 2. The van der Waals surface area contributed by atoms with Gasteiger partial charge in [0.25, 0.3) is 5.91 Å². The second-order valence-electron chi connectivity index (χ2n) is 3.93. The van der Waals surface area contributed by atoms with Crippen LogP contribution in [0.5, 0.6) is 0 Å². The quantitative estimate of drug-likeness (QED) is 0.725. The van der Waals surface area contributed by atoms with Gasteiger partial charge in [0.15, 0.2) is 0 Å². The van der Waals surface area contributed by atoms with Crippen LogP contribution in [0.4, 0.5) is 0 Å². The van der Waals surface area contributed by atoms with Crippen LogP contribution < -0.4 is 16.6 Å². The van der Waals surface area contributed by atoms with Crippen LogP contribution >= 0.6 is 11.3 Å². The van der Waals surface area contributed by atoms with E-state index in [9.17, 15) is 9.59 Å². The first-order valence-electron chi connectivity index (χ1n) is 5.92. The number of pyridine rings is 1. The summed E-state index contributed by atoms with van der Waals surface area (Å²) in [5, 5.41) is 4.70. The van der Waals surface area contributed by atoms with Gasteiger partial charge in [-0.3, -0.25) is 9.59 Å². The number of amides is 1. The largest absolute Gasteiger partial charge is 0.347 e. The summed E-state index contributed by atoms with van der Waals surface area (Å²) in [4.78, 5) is 26.2. The van der Waals surface area contributed by atoms with E-state index in [4.69, 9.17) is 5.73 Å². The van der Waals surface area contributed by atoms with Crippen LogP contribution in [0.1, 0.15) is 20.8 Å². The Morgan fingerprint density at radius 1 is 1.45 bits per heavy atom. The third-order valence-corrected chi connectivity index (χ3v) is 3.39. The van der Waals surface area contributed by atoms with Crippen molar-refractivity contribution in [3.05, 3.63) is 56.1 Å². The average Bonchev–Trinajstić information content (AvgIpc) is 2.91. The van der Waals surface area contributed by atoms with Crippen LogP contribution in [0.2, 0.25) is 0 Å². The predicted molar refractivity (Wildman–Crippen MR) is 78.5 cm³/mol. The van der Waals surface area contributed by atoms with E-state index >= 15 is 0 Å². The summed E-state index contributed by atoms with van der Waals surface area (Å²) in [6.45, 7) is 0.751. The minimum Gasteiger partial charge on any atom is -0.347 e. The van der Waals surface area contributed by atoms with Crippen LogP contribution in [0.3, 0.4) is 0 Å². The highest BCUT2D eigenvalue weighted by Crippen LogP contribution is 2.13. The maximum atomic E-state index is 11.8. The number of aromatic amines is 1. The second-order valence-corrected chi connectivity index (χ2v) is 4.93. The number of H-pyrrole nitrogens is 1. The molecule has 0 fully saturated rings. The monoisotopic (exact) mass is 287 g/mol. The van der Waals surface area contributed by atoms with Gasteiger partial charge >= 0.3 is 0 Å². The van der Waals surface area contributed by atoms with Crippen molar-refractivity contribution >= 4 is 17.2 Å². The number of nitrogens with two attached hydrogens (primary N) is 1. The number of carbonyl (C=O) groups excluding carboxylic acids is 1.